The van der Waals surface area contributed by atoms with Gasteiger partial charge in [-0.25, -0.2) is 4.98 Å². The second kappa shape index (κ2) is 7.47. The van der Waals surface area contributed by atoms with Crippen LogP contribution in [0, 0.1) is 0 Å². The molecule has 0 N–H and O–H groups in total. The van der Waals surface area contributed by atoms with Crippen LogP contribution in [0.25, 0.3) is 11.4 Å². The average Bonchev–Trinajstić information content (AvgIpc) is 3.37. The van der Waals surface area contributed by atoms with E-state index in [1.807, 2.05) is 0 Å². The first-order chi connectivity index (χ1) is 13.8. The molecule has 1 fully saturated rings. The third kappa shape index (κ3) is 3.95. The van der Waals surface area contributed by atoms with Crippen molar-refractivity contribution in [2.24, 2.45) is 0 Å². The maximum atomic E-state index is 12.9. The summed E-state index contributed by atoms with van der Waals surface area (Å²) >= 11 is 5.76. The van der Waals surface area contributed by atoms with Gasteiger partial charge in [-0.3, -0.25) is 4.79 Å². The molecule has 0 spiro atoms. The molecule has 0 aliphatic carbocycles. The van der Waals surface area contributed by atoms with Gasteiger partial charge in [0.1, 0.15) is 11.2 Å². The number of rotatable bonds is 3. The molecule has 1 unspecified atom stereocenters. The molecule has 3 heterocycles. The Labute approximate surface area is 168 Å². The molecule has 1 saturated heterocycles. The molecule has 10 heteroatoms. The van der Waals surface area contributed by atoms with E-state index in [0.717, 1.165) is 18.6 Å². The fourth-order valence-corrected chi connectivity index (χ4v) is 3.37. The first kappa shape index (κ1) is 19.4. The highest BCUT2D eigenvalue weighted by atomic mass is 35.5. The largest absolute Gasteiger partial charge is 0.416 e. The Morgan fingerprint density at radius 2 is 2.07 bits per heavy atom. The van der Waals surface area contributed by atoms with E-state index < -0.39 is 17.8 Å². The number of pyridine rings is 1. The average molecular weight is 423 g/mol. The van der Waals surface area contributed by atoms with Gasteiger partial charge in [0.25, 0.3) is 5.91 Å². The summed E-state index contributed by atoms with van der Waals surface area (Å²) in [4.78, 5) is 22.6. The molecule has 3 aromatic rings. The Morgan fingerprint density at radius 1 is 1.24 bits per heavy atom. The third-order valence-corrected chi connectivity index (χ3v) is 4.89. The molecule has 6 nitrogen and oxygen atoms in total. The first-order valence-electron chi connectivity index (χ1n) is 8.77. The van der Waals surface area contributed by atoms with Crippen LogP contribution in [-0.4, -0.2) is 32.5 Å². The summed E-state index contributed by atoms with van der Waals surface area (Å²) in [5.41, 5.74) is -0.235. The molecule has 1 atom stereocenters. The summed E-state index contributed by atoms with van der Waals surface area (Å²) in [7, 11) is 0. The third-order valence-electron chi connectivity index (χ3n) is 4.66. The standard InChI is InChI=1S/C19H14ClF3N4O2/c20-15-7-6-12(10-24-15)18(28)27-8-2-5-14(27)17-25-16(26-29-17)11-3-1-4-13(9-11)19(21,22)23/h1,3-4,6-7,9-10,14H,2,5,8H2. The summed E-state index contributed by atoms with van der Waals surface area (Å²) in [6.07, 6.45) is -1.73. The lowest BCUT2D eigenvalue weighted by Gasteiger charge is -2.21. The molecule has 0 saturated carbocycles. The van der Waals surface area contributed by atoms with Crippen LogP contribution in [0.15, 0.2) is 47.1 Å². The number of carbonyl (C=O) groups excluding carboxylic acids is 1. The molecular weight excluding hydrogens is 409 g/mol. The number of amides is 1. The second-order valence-corrected chi connectivity index (χ2v) is 6.95. The zero-order valence-corrected chi connectivity index (χ0v) is 15.6. The fraction of sp³-hybridized carbons (Fsp3) is 0.263. The van der Waals surface area contributed by atoms with Crippen LogP contribution in [0.4, 0.5) is 13.2 Å². The van der Waals surface area contributed by atoms with E-state index in [1.165, 1.54) is 24.4 Å². The minimum absolute atomic E-state index is 0.0403. The van der Waals surface area contributed by atoms with Gasteiger partial charge < -0.3 is 9.42 Å². The van der Waals surface area contributed by atoms with Crippen LogP contribution in [0.5, 0.6) is 0 Å². The highest BCUT2D eigenvalue weighted by molar-refractivity contribution is 6.29. The van der Waals surface area contributed by atoms with Crippen molar-refractivity contribution in [1.29, 1.82) is 0 Å². The minimum Gasteiger partial charge on any atom is -0.337 e. The number of aromatic nitrogens is 3. The van der Waals surface area contributed by atoms with Crippen LogP contribution < -0.4 is 0 Å². The molecule has 1 aliphatic rings. The van der Waals surface area contributed by atoms with Crippen molar-refractivity contribution >= 4 is 17.5 Å². The molecule has 0 bridgehead atoms. The Morgan fingerprint density at radius 3 is 2.79 bits per heavy atom. The van der Waals surface area contributed by atoms with Crippen LogP contribution >= 0.6 is 11.6 Å². The smallest absolute Gasteiger partial charge is 0.337 e. The van der Waals surface area contributed by atoms with Gasteiger partial charge >= 0.3 is 6.18 Å². The van der Waals surface area contributed by atoms with Crippen LogP contribution in [-0.2, 0) is 6.18 Å². The van der Waals surface area contributed by atoms with Crippen molar-refractivity contribution in [2.45, 2.75) is 25.1 Å². The van der Waals surface area contributed by atoms with Gasteiger partial charge in [0, 0.05) is 18.3 Å². The van der Waals surface area contributed by atoms with Crippen LogP contribution in [0.1, 0.15) is 40.7 Å². The van der Waals surface area contributed by atoms with Gasteiger partial charge in [0.15, 0.2) is 0 Å². The predicted molar refractivity (Wildman–Crippen MR) is 97.0 cm³/mol. The zero-order chi connectivity index (χ0) is 20.6. The van der Waals surface area contributed by atoms with E-state index in [1.54, 1.807) is 11.0 Å². The molecule has 4 rings (SSSR count). The van der Waals surface area contributed by atoms with Crippen molar-refractivity contribution in [3.8, 4) is 11.4 Å². The van der Waals surface area contributed by atoms with Gasteiger partial charge in [-0.05, 0) is 37.1 Å². The summed E-state index contributed by atoms with van der Waals surface area (Å²) in [5, 5.41) is 4.09. The first-order valence-corrected chi connectivity index (χ1v) is 9.14. The maximum absolute atomic E-state index is 12.9. The number of likely N-dealkylation sites (tertiary alicyclic amines) is 1. The van der Waals surface area contributed by atoms with E-state index in [9.17, 15) is 18.0 Å². The number of carbonyl (C=O) groups is 1. The Bertz CT molecular complexity index is 1040. The number of halogens is 4. The lowest BCUT2D eigenvalue weighted by atomic mass is 10.1. The van der Waals surface area contributed by atoms with Gasteiger partial charge in [0.2, 0.25) is 11.7 Å². The van der Waals surface area contributed by atoms with Gasteiger partial charge in [-0.2, -0.15) is 18.2 Å². The van der Waals surface area contributed by atoms with E-state index in [0.29, 0.717) is 18.5 Å². The van der Waals surface area contributed by atoms with Crippen LogP contribution in [0.3, 0.4) is 0 Å². The number of benzene rings is 1. The van der Waals surface area contributed by atoms with Crippen molar-refractivity contribution in [3.63, 3.8) is 0 Å². The van der Waals surface area contributed by atoms with Gasteiger partial charge in [0.05, 0.1) is 11.1 Å². The number of nitrogens with zero attached hydrogens (tertiary/aromatic N) is 4. The quantitative estimate of drug-likeness (QED) is 0.568. The Kier molecular flexibility index (Phi) is 4.99. The predicted octanol–water partition coefficient (Wildman–Crippen LogP) is 4.78. The Balaban J connectivity index is 1.59. The highest BCUT2D eigenvalue weighted by Gasteiger charge is 2.35. The van der Waals surface area contributed by atoms with Crippen molar-refractivity contribution < 1.29 is 22.5 Å². The molecule has 150 valence electrons. The van der Waals surface area contributed by atoms with Crippen LogP contribution in [0.2, 0.25) is 5.15 Å². The fourth-order valence-electron chi connectivity index (χ4n) is 3.26. The molecular formula is C19H14ClF3N4O2. The molecule has 2 aromatic heterocycles. The number of alkyl halides is 3. The number of hydrogen-bond donors (Lipinski definition) is 0. The second-order valence-electron chi connectivity index (χ2n) is 6.56. The lowest BCUT2D eigenvalue weighted by Crippen LogP contribution is -2.30. The SMILES string of the molecule is O=C(c1ccc(Cl)nc1)N1CCCC1c1nc(-c2cccc(C(F)(F)F)c2)no1. The molecule has 0 radical (unpaired) electrons. The highest BCUT2D eigenvalue weighted by Crippen LogP contribution is 2.35. The maximum Gasteiger partial charge on any atom is 0.416 e. The van der Waals surface area contributed by atoms with E-state index in [2.05, 4.69) is 15.1 Å². The molecule has 1 aliphatic heterocycles. The number of hydrogen-bond acceptors (Lipinski definition) is 5. The van der Waals surface area contributed by atoms with E-state index in [4.69, 9.17) is 16.1 Å². The summed E-state index contributed by atoms with van der Waals surface area (Å²) in [6.45, 7) is 0.493. The molecule has 1 aromatic carbocycles. The summed E-state index contributed by atoms with van der Waals surface area (Å²) in [6, 6.07) is 7.35. The van der Waals surface area contributed by atoms with Crippen molar-refractivity contribution in [2.75, 3.05) is 6.54 Å². The van der Waals surface area contributed by atoms with Crippen molar-refractivity contribution in [3.05, 3.63) is 64.8 Å². The van der Waals surface area contributed by atoms with E-state index in [-0.39, 0.29) is 28.3 Å². The monoisotopic (exact) mass is 422 g/mol. The Hall–Kier alpha value is -2.94. The van der Waals surface area contributed by atoms with Crippen molar-refractivity contribution in [1.82, 2.24) is 20.0 Å². The minimum atomic E-state index is -4.47. The topological polar surface area (TPSA) is 72.1 Å². The van der Waals surface area contributed by atoms with Gasteiger partial charge in [-0.15, -0.1) is 0 Å². The lowest BCUT2D eigenvalue weighted by molar-refractivity contribution is -0.137. The summed E-state index contributed by atoms with van der Waals surface area (Å²) < 4.78 is 44.1. The normalized spacial score (nSPS) is 17.0. The van der Waals surface area contributed by atoms with Gasteiger partial charge in [-0.1, -0.05) is 28.9 Å². The molecule has 29 heavy (non-hydrogen) atoms. The zero-order valence-electron chi connectivity index (χ0n) is 14.9. The molecule has 1 amide bonds. The summed E-state index contributed by atoms with van der Waals surface area (Å²) in [5.74, 6) is -0.0285. The van der Waals surface area contributed by atoms with E-state index >= 15 is 0 Å².